The largest absolute Gasteiger partial charge is 0.265 e. The van der Waals surface area contributed by atoms with Crippen LogP contribution < -0.4 is 4.31 Å². The number of hydrogen-bond acceptors (Lipinski definition) is 2. The molecule has 4 heteroatoms. The first-order valence-electron chi connectivity index (χ1n) is 7.10. The summed E-state index contributed by atoms with van der Waals surface area (Å²) in [7, 11) is -3.48. The van der Waals surface area contributed by atoms with Gasteiger partial charge in [-0.05, 0) is 61.6 Å². The van der Waals surface area contributed by atoms with Gasteiger partial charge in [0.05, 0.1) is 10.6 Å². The molecule has 3 rings (SSSR count). The van der Waals surface area contributed by atoms with Crippen molar-refractivity contribution in [2.24, 2.45) is 0 Å². The zero-order valence-electron chi connectivity index (χ0n) is 12.6. The molecule has 2 aromatic rings. The van der Waals surface area contributed by atoms with Crippen LogP contribution in [-0.2, 0) is 16.4 Å². The van der Waals surface area contributed by atoms with E-state index in [1.807, 2.05) is 45.0 Å². The third-order valence-electron chi connectivity index (χ3n) is 4.22. The molecule has 0 aromatic heterocycles. The summed E-state index contributed by atoms with van der Waals surface area (Å²) >= 11 is 0. The second-order valence-electron chi connectivity index (χ2n) is 5.66. The van der Waals surface area contributed by atoms with Crippen molar-refractivity contribution in [1.29, 1.82) is 0 Å². The molecule has 0 fully saturated rings. The van der Waals surface area contributed by atoms with Crippen molar-refractivity contribution in [1.82, 2.24) is 0 Å². The fraction of sp³-hybridized carbons (Fsp3) is 0.294. The predicted molar refractivity (Wildman–Crippen MR) is 85.3 cm³/mol. The average Bonchev–Trinajstić information content (AvgIpc) is 2.88. The summed E-state index contributed by atoms with van der Waals surface area (Å²) in [5.41, 5.74) is 5.09. The maximum Gasteiger partial charge on any atom is 0.264 e. The Labute approximate surface area is 126 Å². The smallest absolute Gasteiger partial charge is 0.264 e. The van der Waals surface area contributed by atoms with E-state index in [0.717, 1.165) is 34.4 Å². The second-order valence-corrected chi connectivity index (χ2v) is 7.52. The first-order chi connectivity index (χ1) is 9.91. The molecule has 0 bridgehead atoms. The van der Waals surface area contributed by atoms with E-state index in [0.29, 0.717) is 11.4 Å². The van der Waals surface area contributed by atoms with Crippen LogP contribution in [0.1, 0.15) is 22.3 Å². The van der Waals surface area contributed by atoms with E-state index in [4.69, 9.17) is 0 Å². The zero-order chi connectivity index (χ0) is 15.2. The van der Waals surface area contributed by atoms with E-state index in [9.17, 15) is 8.42 Å². The quantitative estimate of drug-likeness (QED) is 0.853. The molecule has 21 heavy (non-hydrogen) atoms. The molecule has 0 N–H and O–H groups in total. The van der Waals surface area contributed by atoms with E-state index < -0.39 is 10.0 Å². The molecule has 1 aliphatic heterocycles. The van der Waals surface area contributed by atoms with E-state index in [-0.39, 0.29) is 0 Å². The summed E-state index contributed by atoms with van der Waals surface area (Å²) in [6.45, 7) is 6.42. The predicted octanol–water partition coefficient (Wildman–Crippen LogP) is 3.36. The maximum atomic E-state index is 12.9. The minimum Gasteiger partial charge on any atom is -0.265 e. The van der Waals surface area contributed by atoms with E-state index >= 15 is 0 Å². The molecule has 0 saturated carbocycles. The Hall–Kier alpha value is -1.81. The Balaban J connectivity index is 2.11. The topological polar surface area (TPSA) is 37.4 Å². The molecule has 0 saturated heterocycles. The lowest BCUT2D eigenvalue weighted by atomic mass is 10.1. The lowest BCUT2D eigenvalue weighted by Gasteiger charge is -2.21. The van der Waals surface area contributed by atoms with Crippen LogP contribution >= 0.6 is 0 Å². The van der Waals surface area contributed by atoms with Crippen molar-refractivity contribution in [3.05, 3.63) is 58.7 Å². The molecule has 3 nitrogen and oxygen atoms in total. The van der Waals surface area contributed by atoms with Crippen LogP contribution in [0.5, 0.6) is 0 Å². The molecule has 110 valence electrons. The molecule has 0 unspecified atom stereocenters. The molecule has 0 spiro atoms. The van der Waals surface area contributed by atoms with Crippen LogP contribution in [0.4, 0.5) is 5.69 Å². The maximum absolute atomic E-state index is 12.9. The van der Waals surface area contributed by atoms with Gasteiger partial charge in [0.25, 0.3) is 10.0 Å². The summed E-state index contributed by atoms with van der Waals surface area (Å²) in [5.74, 6) is 0. The molecule has 0 aliphatic carbocycles. The Bertz CT molecular complexity index is 810. The highest BCUT2D eigenvalue weighted by molar-refractivity contribution is 7.92. The van der Waals surface area contributed by atoms with Crippen molar-refractivity contribution >= 4 is 15.7 Å². The normalized spacial score (nSPS) is 14.3. The van der Waals surface area contributed by atoms with Gasteiger partial charge >= 0.3 is 0 Å². The zero-order valence-corrected chi connectivity index (χ0v) is 13.4. The number of benzene rings is 2. The third kappa shape index (κ3) is 2.23. The minimum absolute atomic E-state index is 0.377. The van der Waals surface area contributed by atoms with Crippen molar-refractivity contribution in [3.8, 4) is 0 Å². The fourth-order valence-electron chi connectivity index (χ4n) is 2.85. The number of para-hydroxylation sites is 1. The van der Waals surface area contributed by atoms with Crippen LogP contribution in [0.25, 0.3) is 0 Å². The van der Waals surface area contributed by atoms with Gasteiger partial charge in [-0.25, -0.2) is 8.42 Å². The van der Waals surface area contributed by atoms with Crippen LogP contribution in [0.15, 0.2) is 41.3 Å². The van der Waals surface area contributed by atoms with Gasteiger partial charge in [-0.3, -0.25) is 4.31 Å². The molecule has 0 radical (unpaired) electrons. The lowest BCUT2D eigenvalue weighted by molar-refractivity contribution is 0.592. The van der Waals surface area contributed by atoms with Gasteiger partial charge in [0, 0.05) is 6.54 Å². The van der Waals surface area contributed by atoms with Gasteiger partial charge < -0.3 is 0 Å². The summed E-state index contributed by atoms with van der Waals surface area (Å²) in [6.07, 6.45) is 0.779. The van der Waals surface area contributed by atoms with E-state index in [2.05, 4.69) is 0 Å². The van der Waals surface area contributed by atoms with Crippen LogP contribution in [0.3, 0.4) is 0 Å². The summed E-state index contributed by atoms with van der Waals surface area (Å²) in [5, 5.41) is 0. The first kappa shape index (κ1) is 14.1. The fourth-order valence-corrected chi connectivity index (χ4v) is 4.51. The minimum atomic E-state index is -3.48. The molecule has 1 aliphatic rings. The highest BCUT2D eigenvalue weighted by Crippen LogP contribution is 2.35. The number of anilines is 1. The highest BCUT2D eigenvalue weighted by Gasteiger charge is 2.31. The highest BCUT2D eigenvalue weighted by atomic mass is 32.2. The van der Waals surface area contributed by atoms with Gasteiger partial charge in [0.15, 0.2) is 0 Å². The number of aryl methyl sites for hydroxylation is 3. The standard InChI is InChI=1S/C17H19NO2S/c1-12-7-8-16(11-14(12)3)21(19,20)18-10-9-15-6-4-5-13(2)17(15)18/h4-8,11H,9-10H2,1-3H3. The number of sulfonamides is 1. The molecular weight excluding hydrogens is 282 g/mol. The molecule has 0 atom stereocenters. The van der Waals surface area contributed by atoms with Gasteiger partial charge in [0.2, 0.25) is 0 Å². The van der Waals surface area contributed by atoms with Crippen molar-refractivity contribution in [2.75, 3.05) is 10.8 Å². The molecule has 2 aromatic carbocycles. The van der Waals surface area contributed by atoms with Crippen LogP contribution in [0, 0.1) is 20.8 Å². The number of nitrogens with zero attached hydrogens (tertiary/aromatic N) is 1. The van der Waals surface area contributed by atoms with E-state index in [1.54, 1.807) is 16.4 Å². The van der Waals surface area contributed by atoms with Gasteiger partial charge in [-0.15, -0.1) is 0 Å². The Morgan fingerprint density at radius 2 is 1.71 bits per heavy atom. The van der Waals surface area contributed by atoms with Crippen LogP contribution in [-0.4, -0.2) is 15.0 Å². The van der Waals surface area contributed by atoms with Gasteiger partial charge in [-0.2, -0.15) is 0 Å². The summed E-state index contributed by atoms with van der Waals surface area (Å²) in [4.78, 5) is 0.377. The number of hydrogen-bond donors (Lipinski definition) is 0. The Morgan fingerprint density at radius 3 is 2.43 bits per heavy atom. The van der Waals surface area contributed by atoms with E-state index in [1.165, 1.54) is 0 Å². The van der Waals surface area contributed by atoms with Crippen LogP contribution in [0.2, 0.25) is 0 Å². The summed E-state index contributed by atoms with van der Waals surface area (Å²) in [6, 6.07) is 11.3. The first-order valence-corrected chi connectivity index (χ1v) is 8.54. The van der Waals surface area contributed by atoms with Gasteiger partial charge in [-0.1, -0.05) is 24.3 Å². The van der Waals surface area contributed by atoms with Crippen molar-refractivity contribution in [2.45, 2.75) is 32.1 Å². The molecule has 1 heterocycles. The Kier molecular flexibility index (Phi) is 3.29. The third-order valence-corrected chi connectivity index (χ3v) is 6.02. The second kappa shape index (κ2) is 4.88. The average molecular weight is 301 g/mol. The van der Waals surface area contributed by atoms with Crippen molar-refractivity contribution < 1.29 is 8.42 Å². The SMILES string of the molecule is Cc1ccc(S(=O)(=O)N2CCc3cccc(C)c32)cc1C. The van der Waals surface area contributed by atoms with Crippen molar-refractivity contribution in [3.63, 3.8) is 0 Å². The molecular formula is C17H19NO2S. The summed E-state index contributed by atoms with van der Waals surface area (Å²) < 4.78 is 27.4. The lowest BCUT2D eigenvalue weighted by Crippen LogP contribution is -2.29. The molecule has 0 amide bonds. The monoisotopic (exact) mass is 301 g/mol. The Morgan fingerprint density at radius 1 is 0.952 bits per heavy atom. The number of fused-ring (bicyclic) bond motifs is 1. The number of rotatable bonds is 2. The van der Waals surface area contributed by atoms with Gasteiger partial charge in [0.1, 0.15) is 0 Å².